The molecule has 0 aliphatic heterocycles. The average Bonchev–Trinajstić information content (AvgIpc) is 2.43. The second-order valence-corrected chi connectivity index (χ2v) is 3.97. The highest BCUT2D eigenvalue weighted by molar-refractivity contribution is 5.50. The van der Waals surface area contributed by atoms with E-state index in [2.05, 4.69) is 11.6 Å². The number of nitrogens with two attached hydrogens (primary N) is 1. The molecule has 2 aromatic rings. The number of benzene rings is 1. The molecule has 0 atom stereocenters. The zero-order chi connectivity index (χ0) is 13.7. The van der Waals surface area contributed by atoms with Gasteiger partial charge in [0.05, 0.1) is 7.11 Å². The van der Waals surface area contributed by atoms with Crippen molar-refractivity contribution in [1.29, 1.82) is 0 Å². The Kier molecular flexibility index (Phi) is 4.03. The fourth-order valence-electron chi connectivity index (χ4n) is 1.73. The van der Waals surface area contributed by atoms with Crippen LogP contribution in [0.1, 0.15) is 5.56 Å². The summed E-state index contributed by atoms with van der Waals surface area (Å²) >= 11 is 0. The number of ether oxygens (including phenoxy) is 2. The van der Waals surface area contributed by atoms with Crippen LogP contribution in [0.15, 0.2) is 49.2 Å². The lowest BCUT2D eigenvalue weighted by molar-refractivity contribution is 0.368. The van der Waals surface area contributed by atoms with Gasteiger partial charge in [0, 0.05) is 17.4 Å². The smallest absolute Gasteiger partial charge is 0.262 e. The Morgan fingerprint density at radius 1 is 1.32 bits per heavy atom. The highest BCUT2D eigenvalue weighted by Gasteiger charge is 2.09. The molecule has 0 bridgehead atoms. The van der Waals surface area contributed by atoms with E-state index in [0.29, 0.717) is 29.5 Å². The molecule has 4 nitrogen and oxygen atoms in total. The van der Waals surface area contributed by atoms with E-state index in [1.165, 1.54) is 0 Å². The van der Waals surface area contributed by atoms with E-state index in [9.17, 15) is 0 Å². The highest BCUT2D eigenvalue weighted by atomic mass is 16.5. The third kappa shape index (κ3) is 3.04. The van der Waals surface area contributed by atoms with E-state index < -0.39 is 0 Å². The predicted octanol–water partition coefficient (Wildman–Crippen LogP) is 3.19. The van der Waals surface area contributed by atoms with E-state index in [-0.39, 0.29) is 0 Å². The van der Waals surface area contributed by atoms with Gasteiger partial charge >= 0.3 is 0 Å². The van der Waals surface area contributed by atoms with Crippen molar-refractivity contribution in [2.24, 2.45) is 0 Å². The zero-order valence-electron chi connectivity index (χ0n) is 10.8. The van der Waals surface area contributed by atoms with Gasteiger partial charge in [-0.25, -0.2) is 4.98 Å². The van der Waals surface area contributed by atoms with Crippen molar-refractivity contribution in [2.45, 2.75) is 6.42 Å². The van der Waals surface area contributed by atoms with Gasteiger partial charge in [0.25, 0.3) is 5.88 Å². The SMILES string of the molecule is C=CCc1cc(N)ccc1Oc1ncccc1OC. The first-order valence-corrected chi connectivity index (χ1v) is 5.90. The van der Waals surface area contributed by atoms with Crippen LogP contribution < -0.4 is 15.2 Å². The van der Waals surface area contributed by atoms with Crippen LogP contribution in [0.2, 0.25) is 0 Å². The van der Waals surface area contributed by atoms with E-state index in [0.717, 1.165) is 5.56 Å². The Bertz CT molecular complexity index is 582. The number of nitrogen functional groups attached to an aromatic ring is 1. The molecule has 0 radical (unpaired) electrons. The number of anilines is 1. The quantitative estimate of drug-likeness (QED) is 0.659. The average molecular weight is 256 g/mol. The van der Waals surface area contributed by atoms with Gasteiger partial charge in [0.15, 0.2) is 5.75 Å². The van der Waals surface area contributed by atoms with Crippen molar-refractivity contribution in [3.8, 4) is 17.4 Å². The second-order valence-electron chi connectivity index (χ2n) is 3.97. The molecular formula is C15H16N2O2. The predicted molar refractivity (Wildman–Crippen MR) is 75.6 cm³/mol. The molecule has 0 saturated carbocycles. The molecule has 1 aromatic heterocycles. The molecule has 1 aromatic carbocycles. The van der Waals surface area contributed by atoms with E-state index in [4.69, 9.17) is 15.2 Å². The maximum atomic E-state index is 5.80. The van der Waals surface area contributed by atoms with E-state index in [1.807, 2.05) is 12.1 Å². The summed E-state index contributed by atoms with van der Waals surface area (Å²) in [6.45, 7) is 3.73. The van der Waals surface area contributed by atoms with Crippen LogP contribution in [-0.2, 0) is 6.42 Å². The lowest BCUT2D eigenvalue weighted by atomic mass is 10.1. The lowest BCUT2D eigenvalue weighted by Gasteiger charge is -2.12. The van der Waals surface area contributed by atoms with Crippen LogP contribution in [0.25, 0.3) is 0 Å². The zero-order valence-corrected chi connectivity index (χ0v) is 10.8. The van der Waals surface area contributed by atoms with Crippen LogP contribution in [0.3, 0.4) is 0 Å². The number of hydrogen-bond donors (Lipinski definition) is 1. The molecule has 1 heterocycles. The van der Waals surface area contributed by atoms with Gasteiger partial charge in [-0.3, -0.25) is 0 Å². The monoisotopic (exact) mass is 256 g/mol. The Balaban J connectivity index is 2.34. The standard InChI is InChI=1S/C15H16N2O2/c1-3-5-11-10-12(16)7-8-13(11)19-15-14(18-2)6-4-9-17-15/h3-4,6-10H,1,5,16H2,2H3. The number of pyridine rings is 1. The Morgan fingerprint density at radius 2 is 2.16 bits per heavy atom. The lowest BCUT2D eigenvalue weighted by Crippen LogP contribution is -1.97. The normalized spacial score (nSPS) is 9.95. The molecular weight excluding hydrogens is 240 g/mol. The summed E-state index contributed by atoms with van der Waals surface area (Å²) in [5.74, 6) is 1.72. The number of allylic oxidation sites excluding steroid dienone is 1. The first-order chi connectivity index (χ1) is 9.24. The molecule has 0 fully saturated rings. The summed E-state index contributed by atoms with van der Waals surface area (Å²) in [4.78, 5) is 4.16. The number of aromatic nitrogens is 1. The van der Waals surface area contributed by atoms with Crippen molar-refractivity contribution in [3.63, 3.8) is 0 Å². The minimum absolute atomic E-state index is 0.431. The van der Waals surface area contributed by atoms with Gasteiger partial charge < -0.3 is 15.2 Å². The molecule has 0 saturated heterocycles. The van der Waals surface area contributed by atoms with Crippen LogP contribution >= 0.6 is 0 Å². The number of rotatable bonds is 5. The molecule has 0 aliphatic rings. The largest absolute Gasteiger partial charge is 0.491 e. The third-order valence-electron chi connectivity index (χ3n) is 2.61. The number of nitrogens with zero attached hydrogens (tertiary/aromatic N) is 1. The van der Waals surface area contributed by atoms with Crippen LogP contribution in [0, 0.1) is 0 Å². The fourth-order valence-corrected chi connectivity index (χ4v) is 1.73. The second kappa shape index (κ2) is 5.91. The van der Waals surface area contributed by atoms with Crippen LogP contribution in [-0.4, -0.2) is 12.1 Å². The summed E-state index contributed by atoms with van der Waals surface area (Å²) in [7, 11) is 1.58. The fraction of sp³-hybridized carbons (Fsp3) is 0.133. The summed E-state index contributed by atoms with van der Waals surface area (Å²) in [6, 6.07) is 9.07. The Labute approximate surface area is 112 Å². The highest BCUT2D eigenvalue weighted by Crippen LogP contribution is 2.31. The van der Waals surface area contributed by atoms with Crippen LogP contribution in [0.4, 0.5) is 5.69 Å². The molecule has 0 aliphatic carbocycles. The summed E-state index contributed by atoms with van der Waals surface area (Å²) in [5.41, 5.74) is 7.43. The molecule has 19 heavy (non-hydrogen) atoms. The van der Waals surface area contributed by atoms with Crippen LogP contribution in [0.5, 0.6) is 17.4 Å². The van der Waals surface area contributed by atoms with Gasteiger partial charge in [-0.2, -0.15) is 0 Å². The summed E-state index contributed by atoms with van der Waals surface area (Å²) in [6.07, 6.45) is 4.13. The van der Waals surface area contributed by atoms with Crippen molar-refractivity contribution in [3.05, 3.63) is 54.7 Å². The topological polar surface area (TPSA) is 57.4 Å². The minimum atomic E-state index is 0.431. The van der Waals surface area contributed by atoms with E-state index >= 15 is 0 Å². The molecule has 98 valence electrons. The van der Waals surface area contributed by atoms with Crippen molar-refractivity contribution in [2.75, 3.05) is 12.8 Å². The van der Waals surface area contributed by atoms with E-state index in [1.54, 1.807) is 37.6 Å². The van der Waals surface area contributed by atoms with Gasteiger partial charge in [-0.05, 0) is 36.8 Å². The van der Waals surface area contributed by atoms with Gasteiger partial charge in [-0.15, -0.1) is 6.58 Å². The molecule has 2 N–H and O–H groups in total. The Morgan fingerprint density at radius 3 is 2.89 bits per heavy atom. The first-order valence-electron chi connectivity index (χ1n) is 5.90. The molecule has 0 spiro atoms. The minimum Gasteiger partial charge on any atom is -0.491 e. The van der Waals surface area contributed by atoms with Crippen molar-refractivity contribution in [1.82, 2.24) is 4.98 Å². The summed E-state index contributed by atoms with van der Waals surface area (Å²) < 4.78 is 11.0. The first kappa shape index (κ1) is 13.0. The summed E-state index contributed by atoms with van der Waals surface area (Å²) in [5, 5.41) is 0. The van der Waals surface area contributed by atoms with Gasteiger partial charge in [0.1, 0.15) is 5.75 Å². The molecule has 4 heteroatoms. The third-order valence-corrected chi connectivity index (χ3v) is 2.61. The maximum absolute atomic E-state index is 5.80. The molecule has 0 amide bonds. The Hall–Kier alpha value is -2.49. The molecule has 2 rings (SSSR count). The van der Waals surface area contributed by atoms with Gasteiger partial charge in [-0.1, -0.05) is 6.08 Å². The van der Waals surface area contributed by atoms with Gasteiger partial charge in [0.2, 0.25) is 0 Å². The maximum Gasteiger partial charge on any atom is 0.262 e. The van der Waals surface area contributed by atoms with Crippen molar-refractivity contribution < 1.29 is 9.47 Å². The number of hydrogen-bond acceptors (Lipinski definition) is 4. The van der Waals surface area contributed by atoms with Crippen molar-refractivity contribution >= 4 is 5.69 Å². The molecule has 0 unspecified atom stereocenters. The number of methoxy groups -OCH3 is 1.